The largest absolute Gasteiger partial charge is 0.314 e. The Bertz CT molecular complexity index is 186. The number of hydrogen-bond donors (Lipinski definition) is 1. The molecule has 0 unspecified atom stereocenters. The molecule has 1 aliphatic rings. The van der Waals surface area contributed by atoms with Crippen molar-refractivity contribution >= 4 is 0 Å². The van der Waals surface area contributed by atoms with Crippen LogP contribution in [0.25, 0.3) is 0 Å². The van der Waals surface area contributed by atoms with Crippen molar-refractivity contribution in [3.05, 3.63) is 11.6 Å². The second-order valence-corrected chi connectivity index (χ2v) is 4.12. The molecule has 2 nitrogen and oxygen atoms in total. The van der Waals surface area contributed by atoms with Gasteiger partial charge in [-0.25, -0.2) is 0 Å². The highest BCUT2D eigenvalue weighted by Crippen LogP contribution is 2.30. The predicted molar refractivity (Wildman–Crippen MR) is 50.0 cm³/mol. The number of allylic oxidation sites excluding steroid dienone is 1. The molecule has 0 amide bonds. The average Bonchev–Trinajstić information content (AvgIpc) is 1.96. The van der Waals surface area contributed by atoms with Crippen LogP contribution >= 0.6 is 0 Å². The van der Waals surface area contributed by atoms with E-state index in [4.69, 9.17) is 0 Å². The maximum absolute atomic E-state index is 9.37. The van der Waals surface area contributed by atoms with E-state index in [2.05, 4.69) is 26.8 Å². The van der Waals surface area contributed by atoms with Crippen LogP contribution in [0.2, 0.25) is 0 Å². The number of nitrogens with zero attached hydrogens (tertiary/aromatic N) is 1. The Morgan fingerprint density at radius 1 is 1.50 bits per heavy atom. The first kappa shape index (κ1) is 9.75. The summed E-state index contributed by atoms with van der Waals surface area (Å²) in [7, 11) is 1.73. The van der Waals surface area contributed by atoms with Crippen molar-refractivity contribution in [1.29, 1.82) is 0 Å². The van der Waals surface area contributed by atoms with Gasteiger partial charge in [-0.2, -0.15) is 5.06 Å². The quantitative estimate of drug-likeness (QED) is 0.481. The molecule has 0 saturated heterocycles. The van der Waals surface area contributed by atoms with E-state index < -0.39 is 0 Å². The van der Waals surface area contributed by atoms with E-state index in [-0.39, 0.29) is 6.04 Å². The normalized spacial score (nSPS) is 36.8. The second-order valence-electron chi connectivity index (χ2n) is 4.12. The molecule has 2 heteroatoms. The second kappa shape index (κ2) is 3.58. The highest BCUT2D eigenvalue weighted by atomic mass is 16.5. The summed E-state index contributed by atoms with van der Waals surface area (Å²) in [5.74, 6) is 1.22. The van der Waals surface area contributed by atoms with Crippen LogP contribution in [0, 0.1) is 11.8 Å². The fourth-order valence-electron chi connectivity index (χ4n) is 1.99. The van der Waals surface area contributed by atoms with Gasteiger partial charge in [0.05, 0.1) is 6.04 Å². The molecule has 0 aromatic carbocycles. The molecule has 1 rings (SSSR count). The van der Waals surface area contributed by atoms with E-state index >= 15 is 0 Å². The Morgan fingerprint density at radius 3 is 2.58 bits per heavy atom. The van der Waals surface area contributed by atoms with E-state index in [1.54, 1.807) is 7.05 Å². The van der Waals surface area contributed by atoms with Gasteiger partial charge in [0.25, 0.3) is 0 Å². The molecule has 1 aliphatic carbocycles. The van der Waals surface area contributed by atoms with Crippen LogP contribution in [-0.4, -0.2) is 23.4 Å². The number of rotatable bonds is 1. The van der Waals surface area contributed by atoms with Gasteiger partial charge < -0.3 is 5.21 Å². The van der Waals surface area contributed by atoms with Crippen LogP contribution < -0.4 is 0 Å². The molecular weight excluding hydrogens is 150 g/mol. The van der Waals surface area contributed by atoms with E-state index in [0.29, 0.717) is 11.8 Å². The number of hydrogen-bond acceptors (Lipinski definition) is 2. The summed E-state index contributed by atoms with van der Waals surface area (Å²) in [5, 5.41) is 10.7. The van der Waals surface area contributed by atoms with Crippen LogP contribution in [0.4, 0.5) is 0 Å². The molecule has 12 heavy (non-hydrogen) atoms. The van der Waals surface area contributed by atoms with Crippen molar-refractivity contribution in [2.75, 3.05) is 7.05 Å². The molecule has 0 heterocycles. The van der Waals surface area contributed by atoms with E-state index in [1.165, 1.54) is 17.1 Å². The SMILES string of the molecule is CC1=C[C@@H](N(C)O)[C@H](C)[C@@H](C)C1. The van der Waals surface area contributed by atoms with Gasteiger partial charge in [0.1, 0.15) is 0 Å². The lowest BCUT2D eigenvalue weighted by atomic mass is 9.79. The molecule has 0 saturated carbocycles. The molecule has 0 fully saturated rings. The van der Waals surface area contributed by atoms with Crippen LogP contribution in [0.15, 0.2) is 11.6 Å². The highest BCUT2D eigenvalue weighted by Gasteiger charge is 2.27. The average molecular weight is 169 g/mol. The summed E-state index contributed by atoms with van der Waals surface area (Å²) in [5.41, 5.74) is 1.39. The van der Waals surface area contributed by atoms with Gasteiger partial charge in [0, 0.05) is 7.05 Å². The van der Waals surface area contributed by atoms with Gasteiger partial charge in [0.15, 0.2) is 0 Å². The van der Waals surface area contributed by atoms with Gasteiger partial charge in [-0.15, -0.1) is 0 Å². The van der Waals surface area contributed by atoms with Gasteiger partial charge in [0.2, 0.25) is 0 Å². The predicted octanol–water partition coefficient (Wildman–Crippen LogP) is 2.30. The van der Waals surface area contributed by atoms with Crippen molar-refractivity contribution in [2.24, 2.45) is 11.8 Å². The van der Waals surface area contributed by atoms with E-state index in [1.807, 2.05) is 0 Å². The van der Waals surface area contributed by atoms with Crippen LogP contribution in [0.5, 0.6) is 0 Å². The van der Waals surface area contributed by atoms with Gasteiger partial charge >= 0.3 is 0 Å². The minimum atomic E-state index is 0.203. The lowest BCUT2D eigenvalue weighted by molar-refractivity contribution is -0.108. The molecule has 70 valence electrons. The maximum atomic E-state index is 9.37. The Labute approximate surface area is 74.8 Å². The Kier molecular flexibility index (Phi) is 2.91. The molecule has 0 aliphatic heterocycles. The van der Waals surface area contributed by atoms with Crippen molar-refractivity contribution in [1.82, 2.24) is 5.06 Å². The zero-order valence-corrected chi connectivity index (χ0v) is 8.41. The lowest BCUT2D eigenvalue weighted by Crippen LogP contribution is -2.38. The number of likely N-dealkylation sites (N-methyl/N-ethyl adjacent to an activating group) is 1. The summed E-state index contributed by atoms with van der Waals surface area (Å²) >= 11 is 0. The zero-order chi connectivity index (χ0) is 9.30. The molecule has 0 bridgehead atoms. The molecule has 3 atom stereocenters. The van der Waals surface area contributed by atoms with Crippen molar-refractivity contribution in [2.45, 2.75) is 33.2 Å². The van der Waals surface area contributed by atoms with Gasteiger partial charge in [-0.05, 0) is 25.2 Å². The molecule has 1 N–H and O–H groups in total. The van der Waals surface area contributed by atoms with Crippen LogP contribution in [-0.2, 0) is 0 Å². The summed E-state index contributed by atoms with van der Waals surface area (Å²) in [4.78, 5) is 0. The Morgan fingerprint density at radius 2 is 2.08 bits per heavy atom. The van der Waals surface area contributed by atoms with Gasteiger partial charge in [-0.3, -0.25) is 0 Å². The molecule has 0 aromatic rings. The summed E-state index contributed by atoms with van der Waals surface area (Å²) < 4.78 is 0. The molecular formula is C10H19NO. The van der Waals surface area contributed by atoms with Crippen LogP contribution in [0.1, 0.15) is 27.2 Å². The van der Waals surface area contributed by atoms with Gasteiger partial charge in [-0.1, -0.05) is 25.5 Å². The standard InChI is InChI=1S/C10H19NO/c1-7-5-8(2)9(3)10(6-7)11(4)12/h6,8-10,12H,5H2,1-4H3/t8-,9+,10+/m0/s1. The monoisotopic (exact) mass is 169 g/mol. The van der Waals surface area contributed by atoms with Crippen molar-refractivity contribution < 1.29 is 5.21 Å². The maximum Gasteiger partial charge on any atom is 0.0557 e. The topological polar surface area (TPSA) is 23.5 Å². The third kappa shape index (κ3) is 1.87. The van der Waals surface area contributed by atoms with Crippen molar-refractivity contribution in [3.8, 4) is 0 Å². The fourth-order valence-corrected chi connectivity index (χ4v) is 1.99. The Hall–Kier alpha value is -0.340. The smallest absolute Gasteiger partial charge is 0.0557 e. The van der Waals surface area contributed by atoms with E-state index in [0.717, 1.165) is 0 Å². The molecule has 0 aromatic heterocycles. The summed E-state index contributed by atoms with van der Waals surface area (Å²) in [6.07, 6.45) is 3.34. The Balaban J connectivity index is 2.77. The van der Waals surface area contributed by atoms with E-state index in [9.17, 15) is 5.21 Å². The lowest BCUT2D eigenvalue weighted by Gasteiger charge is -2.34. The number of hydroxylamine groups is 2. The zero-order valence-electron chi connectivity index (χ0n) is 8.41. The summed E-state index contributed by atoms with van der Waals surface area (Å²) in [6, 6.07) is 0.203. The third-order valence-electron chi connectivity index (χ3n) is 2.97. The first-order valence-corrected chi connectivity index (χ1v) is 4.61. The molecule has 0 radical (unpaired) electrons. The van der Waals surface area contributed by atoms with Crippen molar-refractivity contribution in [3.63, 3.8) is 0 Å². The van der Waals surface area contributed by atoms with Crippen LogP contribution in [0.3, 0.4) is 0 Å². The minimum Gasteiger partial charge on any atom is -0.314 e. The first-order chi connectivity index (χ1) is 5.52. The minimum absolute atomic E-state index is 0.203. The fraction of sp³-hybridized carbons (Fsp3) is 0.800. The first-order valence-electron chi connectivity index (χ1n) is 4.61. The highest BCUT2D eigenvalue weighted by molar-refractivity contribution is 5.11. The third-order valence-corrected chi connectivity index (χ3v) is 2.97. The molecule has 0 spiro atoms. The summed E-state index contributed by atoms with van der Waals surface area (Å²) in [6.45, 7) is 6.58.